The lowest BCUT2D eigenvalue weighted by Crippen LogP contribution is -2.40. The zero-order chi connectivity index (χ0) is 22.7. The fourth-order valence-electron chi connectivity index (χ4n) is 4.70. The normalized spacial score (nSPS) is 17.9. The molecule has 7 heteroatoms. The number of rotatable bonds is 5. The Kier molecular flexibility index (Phi) is 6.99. The molecular formula is C25H30ClN3O3. The first-order valence-corrected chi connectivity index (χ1v) is 11.9. The van der Waals surface area contributed by atoms with Gasteiger partial charge in [0.15, 0.2) is 0 Å². The molecule has 1 aromatic carbocycles. The average molecular weight is 456 g/mol. The summed E-state index contributed by atoms with van der Waals surface area (Å²) in [6, 6.07) is 7.14. The molecule has 1 aromatic heterocycles. The second-order valence-corrected chi connectivity index (χ2v) is 9.34. The van der Waals surface area contributed by atoms with Crippen molar-refractivity contribution < 1.29 is 9.59 Å². The molecule has 2 fully saturated rings. The summed E-state index contributed by atoms with van der Waals surface area (Å²) < 4.78 is 1.92. The third-order valence-corrected chi connectivity index (χ3v) is 6.88. The number of benzene rings is 1. The molecule has 1 saturated heterocycles. The van der Waals surface area contributed by atoms with Crippen molar-refractivity contribution in [1.29, 1.82) is 0 Å². The molecule has 1 saturated carbocycles. The van der Waals surface area contributed by atoms with Gasteiger partial charge in [-0.1, -0.05) is 36.6 Å². The van der Waals surface area contributed by atoms with E-state index in [9.17, 15) is 14.4 Å². The lowest BCUT2D eigenvalue weighted by atomic mass is 10.1. The standard InChI is InChI=1S/C25H30ClN3O3/c1-17(18-9-11-19(26)12-10-18)27-24(31)21-15-29(20-7-3-4-8-20)16-22(23(21)30)25(32)28-13-5-2-6-14-28/h9-12,15-17,20H,2-8,13-14H2,1H3,(H,27,31). The number of pyridine rings is 1. The average Bonchev–Trinajstić information content (AvgIpc) is 3.34. The van der Waals surface area contributed by atoms with Crippen LogP contribution in [-0.2, 0) is 0 Å². The molecule has 32 heavy (non-hydrogen) atoms. The maximum atomic E-state index is 13.3. The molecule has 6 nitrogen and oxygen atoms in total. The van der Waals surface area contributed by atoms with Gasteiger partial charge in [0.25, 0.3) is 11.8 Å². The fraction of sp³-hybridized carbons (Fsp3) is 0.480. The van der Waals surface area contributed by atoms with Crippen LogP contribution < -0.4 is 10.7 Å². The molecule has 0 radical (unpaired) electrons. The summed E-state index contributed by atoms with van der Waals surface area (Å²) in [6.07, 6.45) is 10.5. The molecule has 2 heterocycles. The Balaban J connectivity index is 1.65. The summed E-state index contributed by atoms with van der Waals surface area (Å²) in [5.41, 5.74) is 0.529. The van der Waals surface area contributed by atoms with Crippen LogP contribution in [0, 0.1) is 0 Å². The smallest absolute Gasteiger partial charge is 0.259 e. The zero-order valence-electron chi connectivity index (χ0n) is 18.5. The van der Waals surface area contributed by atoms with Gasteiger partial charge in [0.05, 0.1) is 6.04 Å². The van der Waals surface area contributed by atoms with Crippen LogP contribution in [0.25, 0.3) is 0 Å². The van der Waals surface area contributed by atoms with E-state index >= 15 is 0 Å². The largest absolute Gasteiger partial charge is 0.349 e. The van der Waals surface area contributed by atoms with E-state index in [2.05, 4.69) is 5.32 Å². The van der Waals surface area contributed by atoms with Gasteiger partial charge in [-0.25, -0.2) is 0 Å². The second-order valence-electron chi connectivity index (χ2n) is 8.90. The molecule has 2 amide bonds. The van der Waals surface area contributed by atoms with Crippen LogP contribution in [0.5, 0.6) is 0 Å². The first kappa shape index (κ1) is 22.6. The number of piperidine rings is 1. The predicted octanol–water partition coefficient (Wildman–Crippen LogP) is 4.73. The van der Waals surface area contributed by atoms with Gasteiger partial charge in [-0.3, -0.25) is 14.4 Å². The van der Waals surface area contributed by atoms with E-state index in [-0.39, 0.29) is 29.1 Å². The summed E-state index contributed by atoms with van der Waals surface area (Å²) in [5, 5.41) is 3.54. The minimum Gasteiger partial charge on any atom is -0.349 e. The van der Waals surface area contributed by atoms with Crippen LogP contribution in [0.4, 0.5) is 0 Å². The highest BCUT2D eigenvalue weighted by molar-refractivity contribution is 6.30. The Labute approximate surface area is 193 Å². The van der Waals surface area contributed by atoms with Crippen molar-refractivity contribution in [3.63, 3.8) is 0 Å². The van der Waals surface area contributed by atoms with Crippen molar-refractivity contribution in [2.45, 2.75) is 64.0 Å². The summed E-state index contributed by atoms with van der Waals surface area (Å²) in [5.74, 6) is -0.723. The van der Waals surface area contributed by atoms with E-state index in [0.29, 0.717) is 18.1 Å². The van der Waals surface area contributed by atoms with Gasteiger partial charge in [0, 0.05) is 36.5 Å². The molecular weight excluding hydrogens is 426 g/mol. The Bertz CT molecular complexity index is 1040. The van der Waals surface area contributed by atoms with Crippen LogP contribution in [0.2, 0.25) is 5.02 Å². The van der Waals surface area contributed by atoms with E-state index in [1.54, 1.807) is 29.4 Å². The van der Waals surface area contributed by atoms with Gasteiger partial charge in [0.1, 0.15) is 11.1 Å². The van der Waals surface area contributed by atoms with Crippen LogP contribution in [-0.4, -0.2) is 34.4 Å². The number of amides is 2. The lowest BCUT2D eigenvalue weighted by Gasteiger charge is -2.27. The fourth-order valence-corrected chi connectivity index (χ4v) is 4.83. The van der Waals surface area contributed by atoms with Gasteiger partial charge in [0.2, 0.25) is 5.43 Å². The summed E-state index contributed by atoms with van der Waals surface area (Å²) in [6.45, 7) is 3.18. The number of nitrogens with one attached hydrogen (secondary N) is 1. The van der Waals surface area contributed by atoms with E-state index in [4.69, 9.17) is 11.6 Å². The topological polar surface area (TPSA) is 71.4 Å². The first-order chi connectivity index (χ1) is 15.4. The maximum absolute atomic E-state index is 13.3. The molecule has 2 aliphatic rings. The number of nitrogens with zero attached hydrogens (tertiary/aromatic N) is 2. The SMILES string of the molecule is CC(NC(=O)c1cn(C2CCCC2)cc(C(=O)N2CCCCC2)c1=O)c1ccc(Cl)cc1. The van der Waals surface area contributed by atoms with Crippen LogP contribution >= 0.6 is 11.6 Å². The van der Waals surface area contributed by atoms with Crippen LogP contribution in [0.1, 0.15) is 90.2 Å². The Morgan fingerprint density at radius 3 is 2.25 bits per heavy atom. The van der Waals surface area contributed by atoms with Gasteiger partial charge >= 0.3 is 0 Å². The minimum atomic E-state index is -0.490. The third kappa shape index (κ3) is 4.90. The Morgan fingerprint density at radius 2 is 1.59 bits per heavy atom. The Morgan fingerprint density at radius 1 is 0.969 bits per heavy atom. The summed E-state index contributed by atoms with van der Waals surface area (Å²) in [4.78, 5) is 41.4. The molecule has 4 rings (SSSR count). The van der Waals surface area contributed by atoms with E-state index in [1.165, 1.54) is 0 Å². The number of hydrogen-bond donors (Lipinski definition) is 1. The maximum Gasteiger partial charge on any atom is 0.259 e. The van der Waals surface area contributed by atoms with Crippen LogP contribution in [0.3, 0.4) is 0 Å². The van der Waals surface area contributed by atoms with Crippen molar-refractivity contribution in [2.75, 3.05) is 13.1 Å². The molecule has 1 aliphatic heterocycles. The second kappa shape index (κ2) is 9.90. The number of carbonyl (C=O) groups is 2. The first-order valence-electron chi connectivity index (χ1n) is 11.6. The lowest BCUT2D eigenvalue weighted by molar-refractivity contribution is 0.0722. The van der Waals surface area contributed by atoms with Crippen molar-refractivity contribution in [3.05, 3.63) is 68.6 Å². The number of halogens is 1. The van der Waals surface area contributed by atoms with Gasteiger partial charge in [-0.05, 0) is 56.7 Å². The van der Waals surface area contributed by atoms with Crippen LogP contribution in [0.15, 0.2) is 41.5 Å². The van der Waals surface area contributed by atoms with Gasteiger partial charge < -0.3 is 14.8 Å². The number of hydrogen-bond acceptors (Lipinski definition) is 3. The highest BCUT2D eigenvalue weighted by atomic mass is 35.5. The molecule has 1 unspecified atom stereocenters. The minimum absolute atomic E-state index is 0.0283. The molecule has 1 aliphatic carbocycles. The van der Waals surface area contributed by atoms with E-state index in [1.807, 2.05) is 23.6 Å². The van der Waals surface area contributed by atoms with Crippen molar-refractivity contribution in [3.8, 4) is 0 Å². The van der Waals surface area contributed by atoms with E-state index < -0.39 is 11.3 Å². The van der Waals surface area contributed by atoms with Crippen molar-refractivity contribution in [1.82, 2.24) is 14.8 Å². The Hall–Kier alpha value is -2.60. The predicted molar refractivity (Wildman–Crippen MR) is 125 cm³/mol. The molecule has 1 N–H and O–H groups in total. The molecule has 0 spiro atoms. The van der Waals surface area contributed by atoms with E-state index in [0.717, 1.165) is 50.5 Å². The highest BCUT2D eigenvalue weighted by Gasteiger charge is 2.27. The molecule has 1 atom stereocenters. The van der Waals surface area contributed by atoms with Crippen molar-refractivity contribution >= 4 is 23.4 Å². The molecule has 170 valence electrons. The number of carbonyl (C=O) groups excluding carboxylic acids is 2. The van der Waals surface area contributed by atoms with Crippen molar-refractivity contribution in [2.24, 2.45) is 0 Å². The number of aromatic nitrogens is 1. The quantitative estimate of drug-likeness (QED) is 0.708. The highest BCUT2D eigenvalue weighted by Crippen LogP contribution is 2.29. The third-order valence-electron chi connectivity index (χ3n) is 6.63. The molecule has 0 bridgehead atoms. The summed E-state index contributed by atoms with van der Waals surface area (Å²) >= 11 is 5.96. The monoisotopic (exact) mass is 455 g/mol. The zero-order valence-corrected chi connectivity index (χ0v) is 19.2. The number of likely N-dealkylation sites (tertiary alicyclic amines) is 1. The molecule has 2 aromatic rings. The van der Waals surface area contributed by atoms with Gasteiger partial charge in [-0.15, -0.1) is 0 Å². The van der Waals surface area contributed by atoms with Gasteiger partial charge in [-0.2, -0.15) is 0 Å². The summed E-state index contributed by atoms with van der Waals surface area (Å²) in [7, 11) is 0.